The number of carbonyl (C=O) groups is 2. The highest BCUT2D eigenvalue weighted by molar-refractivity contribution is 5.80. The third-order valence-corrected chi connectivity index (χ3v) is 12.2. The van der Waals surface area contributed by atoms with E-state index in [1.165, 1.54) is 77.0 Å². The summed E-state index contributed by atoms with van der Waals surface area (Å²) in [6.07, 6.45) is 43.8. The van der Waals surface area contributed by atoms with Gasteiger partial charge in [-0.2, -0.15) is 0 Å². The van der Waals surface area contributed by atoms with E-state index in [2.05, 4.69) is 50.4 Å². The summed E-state index contributed by atoms with van der Waals surface area (Å²) in [7, 11) is 0. The van der Waals surface area contributed by atoms with Crippen LogP contribution in [-0.2, 0) is 23.8 Å². The van der Waals surface area contributed by atoms with E-state index in [1.54, 1.807) is 6.08 Å². The maximum Gasteiger partial charge on any atom is 0.306 e. The molecule has 11 nitrogen and oxygen atoms in total. The van der Waals surface area contributed by atoms with E-state index in [1.807, 2.05) is 42.5 Å². The molecule has 1 aliphatic rings. The number of ether oxygens (including phenoxy) is 3. The van der Waals surface area contributed by atoms with Gasteiger partial charge in [-0.1, -0.05) is 203 Å². The van der Waals surface area contributed by atoms with Crippen molar-refractivity contribution in [3.05, 3.63) is 72.9 Å². The molecule has 1 saturated heterocycles. The first-order valence-corrected chi connectivity index (χ1v) is 26.8. The molecule has 67 heavy (non-hydrogen) atoms. The summed E-state index contributed by atoms with van der Waals surface area (Å²) in [4.78, 5) is 26.3. The fourth-order valence-electron chi connectivity index (χ4n) is 7.89. The van der Waals surface area contributed by atoms with Crippen LogP contribution in [0.1, 0.15) is 207 Å². The van der Waals surface area contributed by atoms with Crippen LogP contribution in [0.5, 0.6) is 0 Å². The standard InChI is InChI=1S/C56H97NO10/c1-4-7-10-13-16-19-22-24-26-28-31-34-37-40-43-49(60)55(64)57-47(48(59)42-39-36-33-30-27-21-18-15-12-9-6-3)46-65-56-54(53(63)52(62)50(45-58)66-56)67-51(61)44-41-38-35-32-29-25-23-20-17-14-11-8-5-2/h7,10,13,16,19,22,24-26,29,39,42,47-50,52-54,56,58-60,62-63H,4-6,8-9,11-12,14-15,17-18,20-21,23,27-28,30-38,40-41,43-46H2,1-3H3,(H,57,64)/b10-7+,16-13+,22-19+,26-24-,29-25-,42-39+. The van der Waals surface area contributed by atoms with Crippen molar-refractivity contribution in [2.24, 2.45) is 0 Å². The number of allylic oxidation sites excluding steroid dienone is 11. The van der Waals surface area contributed by atoms with Gasteiger partial charge >= 0.3 is 5.97 Å². The Morgan fingerprint density at radius 3 is 1.66 bits per heavy atom. The summed E-state index contributed by atoms with van der Waals surface area (Å²) in [6, 6.07) is -1.04. The monoisotopic (exact) mass is 944 g/mol. The second-order valence-corrected chi connectivity index (χ2v) is 18.3. The Morgan fingerprint density at radius 1 is 0.597 bits per heavy atom. The third kappa shape index (κ3) is 33.3. The van der Waals surface area contributed by atoms with Gasteiger partial charge in [0.15, 0.2) is 12.4 Å². The largest absolute Gasteiger partial charge is 0.454 e. The summed E-state index contributed by atoms with van der Waals surface area (Å²) < 4.78 is 17.5. The topological polar surface area (TPSA) is 175 Å². The summed E-state index contributed by atoms with van der Waals surface area (Å²) in [6.45, 7) is 5.57. The van der Waals surface area contributed by atoms with Crippen molar-refractivity contribution in [3.63, 3.8) is 0 Å². The first-order valence-electron chi connectivity index (χ1n) is 26.8. The lowest BCUT2D eigenvalue weighted by molar-refractivity contribution is -0.305. The molecule has 386 valence electrons. The molecule has 8 atom stereocenters. The molecule has 0 spiro atoms. The van der Waals surface area contributed by atoms with Crippen molar-refractivity contribution in [2.45, 2.75) is 256 Å². The minimum absolute atomic E-state index is 0.0975. The maximum absolute atomic E-state index is 13.3. The molecule has 1 heterocycles. The van der Waals surface area contributed by atoms with Crippen LogP contribution in [0.4, 0.5) is 0 Å². The number of carbonyl (C=O) groups excluding carboxylic acids is 2. The minimum atomic E-state index is -1.62. The van der Waals surface area contributed by atoms with Crippen molar-refractivity contribution < 1.29 is 49.3 Å². The summed E-state index contributed by atoms with van der Waals surface area (Å²) in [5, 5.41) is 56.6. The highest BCUT2D eigenvalue weighted by Crippen LogP contribution is 2.26. The van der Waals surface area contributed by atoms with Gasteiger partial charge in [0, 0.05) is 6.42 Å². The molecule has 11 heteroatoms. The Kier molecular flexibility index (Phi) is 41.1. The van der Waals surface area contributed by atoms with Crippen molar-refractivity contribution in [2.75, 3.05) is 13.2 Å². The fourth-order valence-corrected chi connectivity index (χ4v) is 7.89. The zero-order chi connectivity index (χ0) is 49.0. The number of unbranched alkanes of at least 4 members (excludes halogenated alkanes) is 22. The average Bonchev–Trinajstić information content (AvgIpc) is 3.32. The molecule has 1 aliphatic heterocycles. The molecule has 1 rings (SSSR count). The number of nitrogens with one attached hydrogen (secondary N) is 1. The Bertz CT molecular complexity index is 1360. The van der Waals surface area contributed by atoms with E-state index in [-0.39, 0.29) is 19.4 Å². The smallest absolute Gasteiger partial charge is 0.306 e. The summed E-state index contributed by atoms with van der Waals surface area (Å²) in [5.41, 5.74) is 0. The number of hydrogen-bond acceptors (Lipinski definition) is 10. The van der Waals surface area contributed by atoms with E-state index in [0.717, 1.165) is 83.5 Å². The lowest BCUT2D eigenvalue weighted by Crippen LogP contribution is -2.61. The predicted octanol–water partition coefficient (Wildman–Crippen LogP) is 11.3. The second kappa shape index (κ2) is 44.3. The first-order chi connectivity index (χ1) is 32.7. The van der Waals surface area contributed by atoms with Crippen LogP contribution in [0, 0.1) is 0 Å². The number of hydrogen-bond donors (Lipinski definition) is 6. The van der Waals surface area contributed by atoms with Crippen molar-refractivity contribution in [3.8, 4) is 0 Å². The molecular weight excluding hydrogens is 847 g/mol. The van der Waals surface area contributed by atoms with Gasteiger partial charge in [-0.25, -0.2) is 0 Å². The normalized spacial score (nSPS) is 20.6. The Labute approximate surface area is 407 Å². The van der Waals surface area contributed by atoms with E-state index < -0.39 is 67.4 Å². The molecule has 8 unspecified atom stereocenters. The van der Waals surface area contributed by atoms with E-state index in [0.29, 0.717) is 12.8 Å². The van der Waals surface area contributed by atoms with Crippen molar-refractivity contribution in [1.29, 1.82) is 0 Å². The molecule has 0 aromatic rings. The molecule has 6 N–H and O–H groups in total. The van der Waals surface area contributed by atoms with Gasteiger partial charge in [-0.3, -0.25) is 9.59 Å². The third-order valence-electron chi connectivity index (χ3n) is 12.2. The van der Waals surface area contributed by atoms with Crippen LogP contribution in [0.15, 0.2) is 72.9 Å². The van der Waals surface area contributed by atoms with Gasteiger partial charge in [-0.15, -0.1) is 0 Å². The molecule has 0 aromatic carbocycles. The molecule has 0 radical (unpaired) electrons. The van der Waals surface area contributed by atoms with Gasteiger partial charge in [0.05, 0.1) is 25.4 Å². The minimum Gasteiger partial charge on any atom is -0.454 e. The molecule has 1 amide bonds. The fraction of sp³-hybridized carbons (Fsp3) is 0.750. The van der Waals surface area contributed by atoms with Gasteiger partial charge < -0.3 is 45.1 Å². The van der Waals surface area contributed by atoms with Crippen LogP contribution in [0.25, 0.3) is 0 Å². The first kappa shape index (κ1) is 62.1. The molecule has 0 bridgehead atoms. The Morgan fingerprint density at radius 2 is 1.09 bits per heavy atom. The summed E-state index contributed by atoms with van der Waals surface area (Å²) in [5.74, 6) is -1.24. The number of aliphatic hydroxyl groups excluding tert-OH is 5. The van der Waals surface area contributed by atoms with Gasteiger partial charge in [0.25, 0.3) is 0 Å². The quantitative estimate of drug-likeness (QED) is 0.0149. The van der Waals surface area contributed by atoms with Gasteiger partial charge in [0.2, 0.25) is 5.91 Å². The number of esters is 1. The van der Waals surface area contributed by atoms with E-state index >= 15 is 0 Å². The zero-order valence-corrected chi connectivity index (χ0v) is 42.2. The predicted molar refractivity (Wildman–Crippen MR) is 273 cm³/mol. The van der Waals surface area contributed by atoms with Crippen LogP contribution in [0.2, 0.25) is 0 Å². The molecular formula is C56H97NO10. The van der Waals surface area contributed by atoms with Gasteiger partial charge in [-0.05, 0) is 70.6 Å². The number of rotatable bonds is 43. The Hall–Kier alpha value is -2.90. The molecule has 0 aromatic heterocycles. The second-order valence-electron chi connectivity index (χ2n) is 18.3. The Balaban J connectivity index is 2.80. The molecule has 0 aliphatic carbocycles. The lowest BCUT2D eigenvalue weighted by Gasteiger charge is -2.41. The van der Waals surface area contributed by atoms with Gasteiger partial charge in [0.1, 0.15) is 24.4 Å². The SMILES string of the molecule is CC/C=C/C=C/C=C/C=C\CCCCCCC(O)C(=O)NC(COC1OC(CO)C(O)C(O)C1OC(=O)CCCCC/C=C\CCCCCCCC)C(O)/C=C/CCCCCCCCCCC. The van der Waals surface area contributed by atoms with Crippen molar-refractivity contribution >= 4 is 11.9 Å². The maximum atomic E-state index is 13.3. The average molecular weight is 944 g/mol. The highest BCUT2D eigenvalue weighted by atomic mass is 16.7. The van der Waals surface area contributed by atoms with Crippen molar-refractivity contribution in [1.82, 2.24) is 5.32 Å². The van der Waals surface area contributed by atoms with E-state index in [9.17, 15) is 35.1 Å². The van der Waals surface area contributed by atoms with E-state index in [4.69, 9.17) is 14.2 Å². The van der Waals surface area contributed by atoms with Crippen LogP contribution < -0.4 is 5.32 Å². The molecule has 0 saturated carbocycles. The lowest BCUT2D eigenvalue weighted by atomic mass is 9.99. The number of amides is 1. The van der Waals surface area contributed by atoms with Crippen LogP contribution in [-0.4, -0.2) is 99.6 Å². The van der Waals surface area contributed by atoms with Crippen LogP contribution in [0.3, 0.4) is 0 Å². The highest BCUT2D eigenvalue weighted by Gasteiger charge is 2.47. The zero-order valence-electron chi connectivity index (χ0n) is 42.2. The summed E-state index contributed by atoms with van der Waals surface area (Å²) >= 11 is 0. The molecule has 1 fully saturated rings. The number of aliphatic hydroxyl groups is 5. The van der Waals surface area contributed by atoms with Crippen LogP contribution >= 0.6 is 0 Å².